The van der Waals surface area contributed by atoms with Crippen molar-refractivity contribution in [3.8, 4) is 11.8 Å². The molecule has 0 bridgehead atoms. The SMILES string of the molecule is N#CC1=C(N)OC2NNC(c3ccncc3)C2C1c1ccc(O)cc1. The number of hydrogen-bond acceptors (Lipinski definition) is 7. The number of nitriles is 1. The average molecular weight is 335 g/mol. The number of nitrogens with zero attached hydrogens (tertiary/aromatic N) is 2. The van der Waals surface area contributed by atoms with E-state index in [1.165, 1.54) is 0 Å². The van der Waals surface area contributed by atoms with E-state index in [2.05, 4.69) is 21.9 Å². The molecular formula is C18H17N5O2. The van der Waals surface area contributed by atoms with Crippen molar-refractivity contribution in [1.82, 2.24) is 15.8 Å². The second kappa shape index (κ2) is 6.09. The van der Waals surface area contributed by atoms with Gasteiger partial charge < -0.3 is 15.6 Å². The van der Waals surface area contributed by atoms with Crippen LogP contribution in [-0.2, 0) is 4.74 Å². The fourth-order valence-corrected chi connectivity index (χ4v) is 3.63. The molecule has 1 fully saturated rings. The number of nitrogens with one attached hydrogen (secondary N) is 2. The van der Waals surface area contributed by atoms with Crippen molar-refractivity contribution in [2.45, 2.75) is 18.2 Å². The van der Waals surface area contributed by atoms with E-state index in [1.54, 1.807) is 24.5 Å². The van der Waals surface area contributed by atoms with E-state index < -0.39 is 0 Å². The highest BCUT2D eigenvalue weighted by Crippen LogP contribution is 2.47. The Bertz CT molecular complexity index is 844. The van der Waals surface area contributed by atoms with Gasteiger partial charge in [0.05, 0.1) is 11.6 Å². The zero-order valence-corrected chi connectivity index (χ0v) is 13.3. The van der Waals surface area contributed by atoms with Crippen molar-refractivity contribution >= 4 is 0 Å². The molecule has 1 aromatic carbocycles. The van der Waals surface area contributed by atoms with Crippen LogP contribution in [0, 0.1) is 17.2 Å². The molecule has 0 spiro atoms. The van der Waals surface area contributed by atoms with Gasteiger partial charge in [-0.25, -0.2) is 10.9 Å². The molecule has 1 saturated heterocycles. The average Bonchev–Trinajstić information content (AvgIpc) is 3.05. The quantitative estimate of drug-likeness (QED) is 0.655. The Morgan fingerprint density at radius 1 is 1.08 bits per heavy atom. The molecule has 7 heteroatoms. The van der Waals surface area contributed by atoms with Crippen LogP contribution in [0.2, 0.25) is 0 Å². The smallest absolute Gasteiger partial charge is 0.200 e. The topological polar surface area (TPSA) is 116 Å². The van der Waals surface area contributed by atoms with Crippen LogP contribution in [0.3, 0.4) is 0 Å². The van der Waals surface area contributed by atoms with Crippen LogP contribution >= 0.6 is 0 Å². The number of phenols is 1. The van der Waals surface area contributed by atoms with Crippen molar-refractivity contribution in [1.29, 1.82) is 5.26 Å². The number of hydrogen-bond donors (Lipinski definition) is 4. The van der Waals surface area contributed by atoms with Gasteiger partial charge in [0.2, 0.25) is 5.88 Å². The van der Waals surface area contributed by atoms with Crippen molar-refractivity contribution in [2.24, 2.45) is 11.7 Å². The molecule has 2 aromatic rings. The number of aromatic nitrogens is 1. The number of phenolic OH excluding ortho intramolecular Hbond substituents is 1. The van der Waals surface area contributed by atoms with Gasteiger partial charge in [0.25, 0.3) is 0 Å². The van der Waals surface area contributed by atoms with Crippen LogP contribution in [0.15, 0.2) is 60.2 Å². The Morgan fingerprint density at radius 2 is 1.80 bits per heavy atom. The van der Waals surface area contributed by atoms with E-state index in [9.17, 15) is 10.4 Å². The van der Waals surface area contributed by atoms with Gasteiger partial charge in [-0.1, -0.05) is 12.1 Å². The molecule has 0 radical (unpaired) electrons. The fraction of sp³-hybridized carbons (Fsp3) is 0.222. The maximum atomic E-state index is 9.66. The van der Waals surface area contributed by atoms with Crippen LogP contribution in [0.25, 0.3) is 0 Å². The number of hydrazine groups is 1. The Kier molecular flexibility index (Phi) is 3.76. The summed E-state index contributed by atoms with van der Waals surface area (Å²) in [5.41, 5.74) is 14.7. The summed E-state index contributed by atoms with van der Waals surface area (Å²) in [4.78, 5) is 4.06. The number of aromatic hydroxyl groups is 1. The Balaban J connectivity index is 1.82. The van der Waals surface area contributed by atoms with Crippen LogP contribution in [0.1, 0.15) is 23.1 Å². The second-order valence-electron chi connectivity index (χ2n) is 6.12. The first kappa shape index (κ1) is 15.4. The Labute approximate surface area is 144 Å². The van der Waals surface area contributed by atoms with E-state index in [-0.39, 0.29) is 35.7 Å². The lowest BCUT2D eigenvalue weighted by atomic mass is 9.74. The van der Waals surface area contributed by atoms with Gasteiger partial charge in [-0.3, -0.25) is 4.98 Å². The molecule has 126 valence electrons. The minimum Gasteiger partial charge on any atom is -0.508 e. The number of fused-ring (bicyclic) bond motifs is 1. The molecule has 1 aromatic heterocycles. The van der Waals surface area contributed by atoms with Crippen molar-refractivity contribution in [2.75, 3.05) is 0 Å². The number of benzene rings is 1. The van der Waals surface area contributed by atoms with Crippen LogP contribution in [0.4, 0.5) is 0 Å². The zero-order chi connectivity index (χ0) is 17.4. The maximum Gasteiger partial charge on any atom is 0.200 e. The molecular weight excluding hydrogens is 318 g/mol. The standard InChI is InChI=1S/C18H17N5O2/c19-9-13-14(10-1-3-12(24)4-2-10)15-16(11-5-7-21-8-6-11)22-23-18(15)25-17(13)20/h1-8,14-16,18,22-24H,20H2. The van der Waals surface area contributed by atoms with Crippen LogP contribution < -0.4 is 16.6 Å². The number of rotatable bonds is 2. The Hall–Kier alpha value is -3.08. The first-order chi connectivity index (χ1) is 12.2. The molecule has 0 amide bonds. The first-order valence-corrected chi connectivity index (χ1v) is 7.95. The van der Waals surface area contributed by atoms with Gasteiger partial charge in [-0.2, -0.15) is 5.26 Å². The molecule has 2 aliphatic heterocycles. The third-order valence-corrected chi connectivity index (χ3v) is 4.77. The molecule has 4 rings (SSSR count). The molecule has 25 heavy (non-hydrogen) atoms. The van der Waals surface area contributed by atoms with Gasteiger partial charge in [-0.05, 0) is 35.4 Å². The molecule has 2 aliphatic rings. The van der Waals surface area contributed by atoms with Gasteiger partial charge >= 0.3 is 0 Å². The van der Waals surface area contributed by atoms with Crippen molar-refractivity contribution < 1.29 is 9.84 Å². The lowest BCUT2D eigenvalue weighted by Crippen LogP contribution is -2.40. The molecule has 3 heterocycles. The summed E-state index contributed by atoms with van der Waals surface area (Å²) in [7, 11) is 0. The van der Waals surface area contributed by atoms with E-state index >= 15 is 0 Å². The lowest BCUT2D eigenvalue weighted by Gasteiger charge is -2.35. The summed E-state index contributed by atoms with van der Waals surface area (Å²) in [6.07, 6.45) is 3.10. The van der Waals surface area contributed by atoms with E-state index in [4.69, 9.17) is 10.5 Å². The number of pyridine rings is 1. The summed E-state index contributed by atoms with van der Waals surface area (Å²) in [6, 6.07) is 12.8. The second-order valence-corrected chi connectivity index (χ2v) is 6.12. The Morgan fingerprint density at radius 3 is 2.48 bits per heavy atom. The summed E-state index contributed by atoms with van der Waals surface area (Å²) in [6.45, 7) is 0. The van der Waals surface area contributed by atoms with Gasteiger partial charge in [0.1, 0.15) is 11.8 Å². The molecule has 0 saturated carbocycles. The molecule has 5 N–H and O–H groups in total. The van der Waals surface area contributed by atoms with Crippen LogP contribution in [-0.4, -0.2) is 16.3 Å². The van der Waals surface area contributed by atoms with Gasteiger partial charge in [0.15, 0.2) is 6.23 Å². The van der Waals surface area contributed by atoms with E-state index in [0.29, 0.717) is 5.57 Å². The minimum atomic E-state index is -0.367. The van der Waals surface area contributed by atoms with Crippen LogP contribution in [0.5, 0.6) is 5.75 Å². The lowest BCUT2D eigenvalue weighted by molar-refractivity contribution is 0.0340. The van der Waals surface area contributed by atoms with Crippen molar-refractivity contribution in [3.05, 3.63) is 71.4 Å². The molecule has 7 nitrogen and oxygen atoms in total. The third-order valence-electron chi connectivity index (χ3n) is 4.77. The number of ether oxygens (including phenoxy) is 1. The van der Waals surface area contributed by atoms with E-state index in [0.717, 1.165) is 11.1 Å². The summed E-state index contributed by atoms with van der Waals surface area (Å²) < 4.78 is 5.74. The zero-order valence-electron chi connectivity index (χ0n) is 13.3. The highest BCUT2D eigenvalue weighted by molar-refractivity contribution is 5.43. The molecule has 4 unspecified atom stereocenters. The molecule has 4 atom stereocenters. The maximum absolute atomic E-state index is 9.66. The molecule has 0 aliphatic carbocycles. The minimum absolute atomic E-state index is 0.0803. The largest absolute Gasteiger partial charge is 0.508 e. The highest BCUT2D eigenvalue weighted by atomic mass is 16.5. The third kappa shape index (κ3) is 2.58. The predicted octanol–water partition coefficient (Wildman–Crippen LogP) is 1.39. The van der Waals surface area contributed by atoms with Crippen molar-refractivity contribution in [3.63, 3.8) is 0 Å². The normalized spacial score (nSPS) is 28.1. The summed E-state index contributed by atoms with van der Waals surface area (Å²) in [5.74, 6) is -0.0402. The number of nitrogens with two attached hydrogens (primary N) is 1. The predicted molar refractivity (Wildman–Crippen MR) is 89.3 cm³/mol. The summed E-state index contributed by atoms with van der Waals surface area (Å²) in [5, 5.41) is 19.2. The van der Waals surface area contributed by atoms with Gasteiger partial charge in [0, 0.05) is 24.2 Å². The fourth-order valence-electron chi connectivity index (χ4n) is 3.63. The highest BCUT2D eigenvalue weighted by Gasteiger charge is 2.49. The first-order valence-electron chi connectivity index (χ1n) is 7.95. The van der Waals surface area contributed by atoms with E-state index in [1.807, 2.05) is 24.3 Å². The monoisotopic (exact) mass is 335 g/mol. The number of allylic oxidation sites excluding steroid dienone is 1. The summed E-state index contributed by atoms with van der Waals surface area (Å²) >= 11 is 0. The van der Waals surface area contributed by atoms with Gasteiger partial charge in [-0.15, -0.1) is 0 Å².